The molecule has 0 bridgehead atoms. The second-order valence-corrected chi connectivity index (χ2v) is 3.30. The molecule has 3 nitrogen and oxygen atoms in total. The fraction of sp³-hybridized carbons (Fsp3) is 0.556. The van der Waals surface area contributed by atoms with Gasteiger partial charge in [-0.15, -0.1) is 0 Å². The van der Waals surface area contributed by atoms with Gasteiger partial charge in [0.05, 0.1) is 5.92 Å². The average molecular weight is 165 g/mol. The van der Waals surface area contributed by atoms with E-state index in [0.29, 0.717) is 19.3 Å². The maximum absolute atomic E-state index is 11.3. The second-order valence-electron chi connectivity index (χ2n) is 3.30. The van der Waals surface area contributed by atoms with Crippen LogP contribution in [0.3, 0.4) is 0 Å². The molecule has 1 heterocycles. The molecule has 0 aromatic heterocycles. The molecule has 0 aromatic carbocycles. The Hall–Kier alpha value is -1.12. The van der Waals surface area contributed by atoms with Crippen molar-refractivity contribution in [2.24, 2.45) is 5.92 Å². The van der Waals surface area contributed by atoms with E-state index < -0.39 is 0 Å². The molecule has 0 radical (unpaired) electrons. The van der Waals surface area contributed by atoms with Crippen LogP contribution in [-0.2, 0) is 9.59 Å². The first-order valence-corrected chi connectivity index (χ1v) is 4.30. The molecule has 1 unspecified atom stereocenters. The van der Waals surface area contributed by atoms with Crippen LogP contribution in [0.25, 0.3) is 0 Å². The van der Waals surface area contributed by atoms with E-state index in [4.69, 9.17) is 0 Å². The Morgan fingerprint density at radius 1 is 1.33 bits per heavy atom. The van der Waals surface area contributed by atoms with Crippen LogP contribution in [0.4, 0.5) is 0 Å². The quantitative estimate of drug-likeness (QED) is 0.576. The summed E-state index contributed by atoms with van der Waals surface area (Å²) in [4.78, 5) is 22.3. The van der Waals surface area contributed by atoms with Crippen molar-refractivity contribution in [1.29, 1.82) is 0 Å². The summed E-state index contributed by atoms with van der Waals surface area (Å²) in [5.41, 5.74) is 0.850. The number of nitrogens with one attached hydrogen (secondary N) is 1. The fourth-order valence-electron chi connectivity index (χ4n) is 1.81. The van der Waals surface area contributed by atoms with E-state index in [9.17, 15) is 9.59 Å². The Morgan fingerprint density at radius 3 is 3.00 bits per heavy atom. The summed E-state index contributed by atoms with van der Waals surface area (Å²) in [7, 11) is 0. The number of carbonyl (C=O) groups excluding carboxylic acids is 2. The molecule has 0 spiro atoms. The number of rotatable bonds is 0. The normalized spacial score (nSPS) is 29.0. The van der Waals surface area contributed by atoms with E-state index in [-0.39, 0.29) is 17.6 Å². The van der Waals surface area contributed by atoms with Gasteiger partial charge in [0.2, 0.25) is 5.91 Å². The monoisotopic (exact) mass is 165 g/mol. The number of ketones is 1. The van der Waals surface area contributed by atoms with Gasteiger partial charge in [-0.3, -0.25) is 9.59 Å². The Balaban J connectivity index is 2.22. The number of piperidine rings is 1. The first-order chi connectivity index (χ1) is 5.77. The van der Waals surface area contributed by atoms with E-state index >= 15 is 0 Å². The molecule has 12 heavy (non-hydrogen) atoms. The number of hydrogen-bond acceptors (Lipinski definition) is 2. The van der Waals surface area contributed by atoms with Crippen LogP contribution >= 0.6 is 0 Å². The van der Waals surface area contributed by atoms with Crippen molar-refractivity contribution in [3.63, 3.8) is 0 Å². The minimum absolute atomic E-state index is 0.00329. The Kier molecular flexibility index (Phi) is 1.71. The molecule has 1 aliphatic carbocycles. The van der Waals surface area contributed by atoms with E-state index in [1.54, 1.807) is 0 Å². The van der Waals surface area contributed by atoms with Gasteiger partial charge in [-0.25, -0.2) is 0 Å². The van der Waals surface area contributed by atoms with Crippen LogP contribution < -0.4 is 5.32 Å². The Bertz CT molecular complexity index is 268. The minimum Gasteiger partial charge on any atom is -0.329 e. The zero-order chi connectivity index (χ0) is 8.55. The maximum atomic E-state index is 11.3. The average Bonchev–Trinajstić information content (AvgIpc) is 2.04. The predicted octanol–water partition coefficient (Wildman–Crippen LogP) is 0.759. The standard InChI is InChI=1S/C9H11NO2/c11-8-3-1-2-7-6(8)4-5-9(12)10-7/h2,6H,1,3-5H2,(H,10,12). The van der Waals surface area contributed by atoms with Gasteiger partial charge < -0.3 is 5.32 Å². The smallest absolute Gasteiger partial charge is 0.224 e. The highest BCUT2D eigenvalue weighted by Crippen LogP contribution is 2.27. The van der Waals surface area contributed by atoms with Crippen LogP contribution in [0.2, 0.25) is 0 Å². The molecule has 0 aromatic rings. The molecule has 1 aliphatic heterocycles. The number of amides is 1. The molecular weight excluding hydrogens is 154 g/mol. The lowest BCUT2D eigenvalue weighted by Crippen LogP contribution is -2.37. The lowest BCUT2D eigenvalue weighted by atomic mass is 9.85. The molecule has 1 N–H and O–H groups in total. The van der Waals surface area contributed by atoms with Crippen molar-refractivity contribution in [3.8, 4) is 0 Å². The zero-order valence-electron chi connectivity index (χ0n) is 6.80. The second kappa shape index (κ2) is 2.73. The number of Topliss-reactive ketones (excluding diaryl/α,β-unsaturated/α-hetero) is 1. The third-order valence-corrected chi connectivity index (χ3v) is 2.46. The topological polar surface area (TPSA) is 46.2 Å². The summed E-state index contributed by atoms with van der Waals surface area (Å²) >= 11 is 0. The first-order valence-electron chi connectivity index (χ1n) is 4.30. The summed E-state index contributed by atoms with van der Waals surface area (Å²) in [5, 5.41) is 2.75. The van der Waals surface area contributed by atoms with Crippen molar-refractivity contribution in [3.05, 3.63) is 11.8 Å². The van der Waals surface area contributed by atoms with E-state index in [0.717, 1.165) is 12.1 Å². The lowest BCUT2D eigenvalue weighted by molar-refractivity contribution is -0.126. The summed E-state index contributed by atoms with van der Waals surface area (Å²) in [6.45, 7) is 0. The van der Waals surface area contributed by atoms with Gasteiger partial charge in [-0.2, -0.15) is 0 Å². The van der Waals surface area contributed by atoms with Crippen molar-refractivity contribution < 1.29 is 9.59 Å². The third kappa shape index (κ3) is 1.15. The van der Waals surface area contributed by atoms with Gasteiger partial charge in [0.15, 0.2) is 0 Å². The molecule has 2 aliphatic rings. The number of allylic oxidation sites excluding steroid dienone is 2. The Morgan fingerprint density at radius 2 is 2.17 bits per heavy atom. The van der Waals surface area contributed by atoms with Gasteiger partial charge >= 0.3 is 0 Å². The number of fused-ring (bicyclic) bond motifs is 1. The molecule has 64 valence electrons. The largest absolute Gasteiger partial charge is 0.329 e. The molecule has 3 heteroatoms. The van der Waals surface area contributed by atoms with Crippen molar-refractivity contribution in [2.75, 3.05) is 0 Å². The zero-order valence-corrected chi connectivity index (χ0v) is 6.80. The fourth-order valence-corrected chi connectivity index (χ4v) is 1.81. The van der Waals surface area contributed by atoms with Crippen molar-refractivity contribution in [2.45, 2.75) is 25.7 Å². The van der Waals surface area contributed by atoms with Crippen LogP contribution in [0.15, 0.2) is 11.8 Å². The SMILES string of the molecule is O=C1CCC2C(=O)CCC=C2N1. The summed E-state index contributed by atoms with van der Waals surface area (Å²) < 4.78 is 0. The highest BCUT2D eigenvalue weighted by atomic mass is 16.2. The van der Waals surface area contributed by atoms with Gasteiger partial charge in [-0.1, -0.05) is 6.08 Å². The molecule has 1 saturated heterocycles. The molecular formula is C9H11NO2. The van der Waals surface area contributed by atoms with Gasteiger partial charge in [0, 0.05) is 18.5 Å². The van der Waals surface area contributed by atoms with E-state index in [1.807, 2.05) is 6.08 Å². The molecule has 1 fully saturated rings. The van der Waals surface area contributed by atoms with Crippen LogP contribution in [-0.4, -0.2) is 11.7 Å². The molecule has 2 rings (SSSR count). The van der Waals surface area contributed by atoms with Crippen LogP contribution in [0, 0.1) is 5.92 Å². The summed E-state index contributed by atoms with van der Waals surface area (Å²) in [6.07, 6.45) is 4.60. The highest BCUT2D eigenvalue weighted by molar-refractivity contribution is 5.89. The lowest BCUT2D eigenvalue weighted by Gasteiger charge is -2.27. The molecule has 1 amide bonds. The third-order valence-electron chi connectivity index (χ3n) is 2.46. The molecule has 0 saturated carbocycles. The van der Waals surface area contributed by atoms with Gasteiger partial charge in [-0.05, 0) is 12.8 Å². The van der Waals surface area contributed by atoms with E-state index in [1.165, 1.54) is 0 Å². The first kappa shape index (κ1) is 7.53. The van der Waals surface area contributed by atoms with Crippen LogP contribution in [0.1, 0.15) is 25.7 Å². The van der Waals surface area contributed by atoms with Gasteiger partial charge in [0.25, 0.3) is 0 Å². The van der Waals surface area contributed by atoms with Crippen molar-refractivity contribution >= 4 is 11.7 Å². The summed E-state index contributed by atoms with van der Waals surface area (Å²) in [5.74, 6) is 0.330. The number of hydrogen-bond donors (Lipinski definition) is 1. The molecule has 1 atom stereocenters. The summed E-state index contributed by atoms with van der Waals surface area (Å²) in [6, 6.07) is 0. The minimum atomic E-state index is -0.00329. The Labute approximate surface area is 70.8 Å². The van der Waals surface area contributed by atoms with Gasteiger partial charge in [0.1, 0.15) is 5.78 Å². The number of carbonyl (C=O) groups is 2. The predicted molar refractivity (Wildman–Crippen MR) is 43.2 cm³/mol. The van der Waals surface area contributed by atoms with E-state index in [2.05, 4.69) is 5.32 Å². The highest BCUT2D eigenvalue weighted by Gasteiger charge is 2.30. The maximum Gasteiger partial charge on any atom is 0.224 e. The van der Waals surface area contributed by atoms with Crippen LogP contribution in [0.5, 0.6) is 0 Å². The van der Waals surface area contributed by atoms with Crippen molar-refractivity contribution in [1.82, 2.24) is 5.32 Å².